The van der Waals surface area contributed by atoms with Gasteiger partial charge < -0.3 is 4.74 Å². The smallest absolute Gasteiger partial charge is 0.365 e. The molecular weight excluding hydrogens is 170 g/mol. The van der Waals surface area contributed by atoms with Gasteiger partial charge in [0, 0.05) is 6.20 Å². The van der Waals surface area contributed by atoms with Crippen LogP contribution in [0.1, 0.15) is 26.4 Å². The Hall–Kier alpha value is -1.97. The number of aromatic nitrogens is 1. The van der Waals surface area contributed by atoms with Crippen LogP contribution >= 0.6 is 0 Å². The Kier molecular flexibility index (Phi) is 1.48. The SMILES string of the molecule is C=Cc1ccnc2c1C(=O)OC2=O. The molecule has 0 radical (unpaired) electrons. The summed E-state index contributed by atoms with van der Waals surface area (Å²) in [5, 5.41) is 0. The summed E-state index contributed by atoms with van der Waals surface area (Å²) < 4.78 is 4.39. The molecule has 0 N–H and O–H groups in total. The van der Waals surface area contributed by atoms with Crippen LogP contribution in [0.5, 0.6) is 0 Å². The number of cyclic esters (lactones) is 2. The summed E-state index contributed by atoms with van der Waals surface area (Å²) in [5.74, 6) is -1.34. The highest BCUT2D eigenvalue weighted by molar-refractivity contribution is 6.15. The number of ether oxygens (including phenoxy) is 1. The molecule has 2 heterocycles. The van der Waals surface area contributed by atoms with Crippen LogP contribution in [0.2, 0.25) is 0 Å². The molecule has 0 spiro atoms. The highest BCUT2D eigenvalue weighted by Gasteiger charge is 2.32. The minimum absolute atomic E-state index is 0.0717. The van der Waals surface area contributed by atoms with E-state index in [4.69, 9.17) is 0 Å². The number of carbonyl (C=O) groups excluding carboxylic acids is 2. The zero-order valence-electron chi connectivity index (χ0n) is 6.61. The third-order valence-corrected chi connectivity index (χ3v) is 1.79. The zero-order valence-corrected chi connectivity index (χ0v) is 6.61. The first-order chi connectivity index (χ1) is 6.24. The molecular formula is C9H5NO3. The van der Waals surface area contributed by atoms with Gasteiger partial charge in [0.2, 0.25) is 0 Å². The zero-order chi connectivity index (χ0) is 9.42. The number of hydrogen-bond acceptors (Lipinski definition) is 4. The van der Waals surface area contributed by atoms with E-state index in [1.165, 1.54) is 12.3 Å². The Labute approximate surface area is 73.9 Å². The van der Waals surface area contributed by atoms with Crippen LogP contribution in [0.4, 0.5) is 0 Å². The molecule has 0 amide bonds. The summed E-state index contributed by atoms with van der Waals surface area (Å²) in [5.41, 5.74) is 0.853. The molecule has 0 unspecified atom stereocenters. The van der Waals surface area contributed by atoms with Gasteiger partial charge in [-0.2, -0.15) is 0 Å². The van der Waals surface area contributed by atoms with E-state index >= 15 is 0 Å². The van der Waals surface area contributed by atoms with E-state index in [9.17, 15) is 9.59 Å². The Morgan fingerprint density at radius 3 is 2.85 bits per heavy atom. The maximum atomic E-state index is 11.1. The summed E-state index contributed by atoms with van der Waals surface area (Å²) in [6.07, 6.45) is 2.93. The monoisotopic (exact) mass is 175 g/mol. The van der Waals surface area contributed by atoms with Crippen molar-refractivity contribution in [3.05, 3.63) is 35.7 Å². The van der Waals surface area contributed by atoms with Gasteiger partial charge in [0.05, 0.1) is 0 Å². The lowest BCUT2D eigenvalue weighted by Gasteiger charge is -1.95. The highest BCUT2D eigenvalue weighted by Crippen LogP contribution is 2.21. The van der Waals surface area contributed by atoms with E-state index in [1.54, 1.807) is 6.07 Å². The molecule has 0 aliphatic carbocycles. The van der Waals surface area contributed by atoms with Crippen molar-refractivity contribution in [2.45, 2.75) is 0 Å². The first-order valence-electron chi connectivity index (χ1n) is 3.62. The average molecular weight is 175 g/mol. The van der Waals surface area contributed by atoms with Gasteiger partial charge in [-0.15, -0.1) is 0 Å². The van der Waals surface area contributed by atoms with Crippen molar-refractivity contribution in [1.29, 1.82) is 0 Å². The molecule has 0 saturated heterocycles. The van der Waals surface area contributed by atoms with Crippen molar-refractivity contribution < 1.29 is 14.3 Å². The summed E-state index contributed by atoms with van der Waals surface area (Å²) in [7, 11) is 0. The maximum Gasteiger partial charge on any atom is 0.365 e. The predicted molar refractivity (Wildman–Crippen MR) is 44.1 cm³/mol. The van der Waals surface area contributed by atoms with Gasteiger partial charge in [-0.1, -0.05) is 12.7 Å². The van der Waals surface area contributed by atoms with E-state index in [-0.39, 0.29) is 11.3 Å². The molecule has 2 rings (SSSR count). The lowest BCUT2D eigenvalue weighted by Crippen LogP contribution is -1.97. The predicted octanol–water partition coefficient (Wildman–Crippen LogP) is 1.04. The molecule has 1 aliphatic rings. The second-order valence-corrected chi connectivity index (χ2v) is 2.50. The Morgan fingerprint density at radius 2 is 2.15 bits per heavy atom. The van der Waals surface area contributed by atoms with Gasteiger partial charge in [0.25, 0.3) is 0 Å². The fourth-order valence-corrected chi connectivity index (χ4v) is 1.20. The fraction of sp³-hybridized carbons (Fsp3) is 0. The van der Waals surface area contributed by atoms with E-state index < -0.39 is 11.9 Å². The summed E-state index contributed by atoms with van der Waals surface area (Å²) in [4.78, 5) is 25.9. The van der Waals surface area contributed by atoms with Gasteiger partial charge in [0.15, 0.2) is 5.69 Å². The molecule has 4 nitrogen and oxygen atoms in total. The maximum absolute atomic E-state index is 11.1. The van der Waals surface area contributed by atoms with Crippen LogP contribution < -0.4 is 0 Å². The van der Waals surface area contributed by atoms with E-state index in [0.717, 1.165) is 0 Å². The molecule has 13 heavy (non-hydrogen) atoms. The normalized spacial score (nSPS) is 13.8. The third-order valence-electron chi connectivity index (χ3n) is 1.79. The third kappa shape index (κ3) is 0.955. The number of fused-ring (bicyclic) bond motifs is 1. The van der Waals surface area contributed by atoms with E-state index in [0.29, 0.717) is 5.56 Å². The van der Waals surface area contributed by atoms with E-state index in [1.807, 2.05) is 0 Å². The first kappa shape index (κ1) is 7.67. The topological polar surface area (TPSA) is 56.3 Å². The Bertz CT molecular complexity index is 423. The Morgan fingerprint density at radius 1 is 1.38 bits per heavy atom. The second-order valence-electron chi connectivity index (χ2n) is 2.50. The number of pyridine rings is 1. The lowest BCUT2D eigenvalue weighted by atomic mass is 10.1. The molecule has 0 bridgehead atoms. The minimum Gasteiger partial charge on any atom is -0.384 e. The van der Waals surface area contributed by atoms with E-state index in [2.05, 4.69) is 16.3 Å². The van der Waals surface area contributed by atoms with Crippen LogP contribution in [0.25, 0.3) is 6.08 Å². The summed E-state index contributed by atoms with van der Waals surface area (Å²) in [6.45, 7) is 3.52. The van der Waals surface area contributed by atoms with Gasteiger partial charge in [-0.25, -0.2) is 14.6 Å². The molecule has 1 aliphatic heterocycles. The Balaban J connectivity index is 2.75. The van der Waals surface area contributed by atoms with Crippen molar-refractivity contribution in [1.82, 2.24) is 4.98 Å². The molecule has 0 fully saturated rings. The second kappa shape index (κ2) is 2.52. The number of hydrogen-bond donors (Lipinski definition) is 0. The quantitative estimate of drug-likeness (QED) is 0.472. The highest BCUT2D eigenvalue weighted by atomic mass is 16.6. The van der Waals surface area contributed by atoms with Crippen molar-refractivity contribution >= 4 is 18.0 Å². The average Bonchev–Trinajstić information content (AvgIpc) is 2.43. The largest absolute Gasteiger partial charge is 0.384 e. The standard InChI is InChI=1S/C9H5NO3/c1-2-5-3-4-10-7-6(5)8(11)13-9(7)12/h2-4H,1H2. The minimum atomic E-state index is -0.691. The van der Waals surface area contributed by atoms with Crippen molar-refractivity contribution in [2.24, 2.45) is 0 Å². The van der Waals surface area contributed by atoms with Gasteiger partial charge in [-0.05, 0) is 11.6 Å². The van der Waals surface area contributed by atoms with Gasteiger partial charge >= 0.3 is 11.9 Å². The van der Waals surface area contributed by atoms with Crippen molar-refractivity contribution in [3.8, 4) is 0 Å². The molecule has 4 heteroatoms. The van der Waals surface area contributed by atoms with Crippen molar-refractivity contribution in [2.75, 3.05) is 0 Å². The van der Waals surface area contributed by atoms with Gasteiger partial charge in [0.1, 0.15) is 5.56 Å². The molecule has 0 aromatic carbocycles. The van der Waals surface area contributed by atoms with Crippen LogP contribution in [0.15, 0.2) is 18.8 Å². The molecule has 0 atom stereocenters. The molecule has 64 valence electrons. The number of nitrogens with zero attached hydrogens (tertiary/aromatic N) is 1. The summed E-state index contributed by atoms with van der Waals surface area (Å²) >= 11 is 0. The lowest BCUT2D eigenvalue weighted by molar-refractivity contribution is 0.0441. The number of carbonyl (C=O) groups is 2. The van der Waals surface area contributed by atoms with Crippen LogP contribution in [-0.4, -0.2) is 16.9 Å². The van der Waals surface area contributed by atoms with Crippen molar-refractivity contribution in [3.63, 3.8) is 0 Å². The van der Waals surface area contributed by atoms with Crippen LogP contribution in [0, 0.1) is 0 Å². The molecule has 1 aromatic heterocycles. The fourth-order valence-electron chi connectivity index (χ4n) is 1.20. The molecule has 1 aromatic rings. The van der Waals surface area contributed by atoms with Crippen LogP contribution in [-0.2, 0) is 4.74 Å². The summed E-state index contributed by atoms with van der Waals surface area (Å²) in [6, 6.07) is 1.60. The molecule has 0 saturated carbocycles. The number of rotatable bonds is 1. The van der Waals surface area contributed by atoms with Gasteiger partial charge in [-0.3, -0.25) is 0 Å². The van der Waals surface area contributed by atoms with Crippen LogP contribution in [0.3, 0.4) is 0 Å². The number of esters is 2. The first-order valence-corrected chi connectivity index (χ1v) is 3.62.